The number of fused-ring (bicyclic) bond motifs is 3. The van der Waals surface area contributed by atoms with E-state index in [4.69, 9.17) is 28.4 Å². The van der Waals surface area contributed by atoms with Gasteiger partial charge in [-0.1, -0.05) is 0 Å². The van der Waals surface area contributed by atoms with Gasteiger partial charge >= 0.3 is 0 Å². The zero-order valence-electron chi connectivity index (χ0n) is 17.5. The summed E-state index contributed by atoms with van der Waals surface area (Å²) >= 11 is 0. The van der Waals surface area contributed by atoms with E-state index in [1.165, 1.54) is 0 Å². The van der Waals surface area contributed by atoms with Crippen molar-refractivity contribution in [2.45, 2.75) is 12.0 Å². The lowest BCUT2D eigenvalue weighted by atomic mass is 9.63. The van der Waals surface area contributed by atoms with Gasteiger partial charge in [-0.2, -0.15) is 0 Å². The summed E-state index contributed by atoms with van der Waals surface area (Å²) in [7, 11) is 4.66. The standard InChI is InChI=1S/C23H24O8/c1-26-18-4-11(5-19(27-2)23(18)28-3)20-12-6-16-17(31-10-30-16)7-13(12)22(25)14-8-29-9-15(24)21(14)20/h4-7,14,20-22,25H,8-10H2,1-3H3/t14?,20-,21?,22+/m1/s1. The molecule has 1 fully saturated rings. The summed E-state index contributed by atoms with van der Waals surface area (Å²) < 4.78 is 33.2. The number of ketones is 1. The van der Waals surface area contributed by atoms with E-state index in [1.807, 2.05) is 24.3 Å². The number of aliphatic hydroxyl groups is 1. The quantitative estimate of drug-likeness (QED) is 0.794. The average Bonchev–Trinajstić information content (AvgIpc) is 3.25. The van der Waals surface area contributed by atoms with Crippen molar-refractivity contribution < 1.29 is 38.3 Å². The van der Waals surface area contributed by atoms with E-state index in [0.717, 1.165) is 11.1 Å². The van der Waals surface area contributed by atoms with Crippen LogP contribution in [0.25, 0.3) is 0 Å². The van der Waals surface area contributed by atoms with Crippen LogP contribution in [0.2, 0.25) is 0 Å². The third-order valence-corrected chi connectivity index (χ3v) is 6.43. The Labute approximate surface area is 179 Å². The van der Waals surface area contributed by atoms with E-state index < -0.39 is 12.0 Å². The predicted molar refractivity (Wildman–Crippen MR) is 108 cm³/mol. The summed E-state index contributed by atoms with van der Waals surface area (Å²) in [6, 6.07) is 7.39. The second-order valence-electron chi connectivity index (χ2n) is 7.89. The van der Waals surface area contributed by atoms with Crippen molar-refractivity contribution >= 4 is 5.78 Å². The molecule has 31 heavy (non-hydrogen) atoms. The molecule has 3 aliphatic rings. The van der Waals surface area contributed by atoms with Crippen molar-refractivity contribution in [1.29, 1.82) is 0 Å². The van der Waals surface area contributed by atoms with Crippen molar-refractivity contribution in [3.63, 3.8) is 0 Å². The number of aliphatic hydroxyl groups excluding tert-OH is 1. The lowest BCUT2D eigenvalue weighted by molar-refractivity contribution is -0.144. The first kappa shape index (κ1) is 20.0. The molecule has 8 heteroatoms. The topological polar surface area (TPSA) is 92.7 Å². The van der Waals surface area contributed by atoms with Gasteiger partial charge in [-0.3, -0.25) is 4.79 Å². The molecule has 2 aliphatic heterocycles. The number of ether oxygens (including phenoxy) is 6. The number of rotatable bonds is 4. The number of hydrogen-bond donors (Lipinski definition) is 1. The Balaban J connectivity index is 1.75. The van der Waals surface area contributed by atoms with Crippen LogP contribution in [-0.4, -0.2) is 52.2 Å². The molecule has 2 aromatic carbocycles. The minimum atomic E-state index is -0.850. The average molecular weight is 428 g/mol. The van der Waals surface area contributed by atoms with Gasteiger partial charge in [0.1, 0.15) is 6.61 Å². The van der Waals surface area contributed by atoms with Gasteiger partial charge in [-0.15, -0.1) is 0 Å². The highest BCUT2D eigenvalue weighted by molar-refractivity contribution is 5.85. The van der Waals surface area contributed by atoms with Crippen molar-refractivity contribution in [1.82, 2.24) is 0 Å². The lowest BCUT2D eigenvalue weighted by Gasteiger charge is -2.44. The van der Waals surface area contributed by atoms with Crippen molar-refractivity contribution in [2.75, 3.05) is 41.3 Å². The molecule has 164 valence electrons. The molecule has 1 N–H and O–H groups in total. The molecule has 0 radical (unpaired) electrons. The highest BCUT2D eigenvalue weighted by Crippen LogP contribution is 2.54. The van der Waals surface area contributed by atoms with Gasteiger partial charge in [0.25, 0.3) is 0 Å². The Hall–Kier alpha value is -2.97. The van der Waals surface area contributed by atoms with Crippen molar-refractivity contribution in [3.8, 4) is 28.7 Å². The van der Waals surface area contributed by atoms with Crippen LogP contribution in [0.3, 0.4) is 0 Å². The molecule has 2 heterocycles. The van der Waals surface area contributed by atoms with Crippen LogP contribution in [0, 0.1) is 11.8 Å². The number of benzene rings is 2. The molecule has 4 atom stereocenters. The molecule has 2 aromatic rings. The zero-order valence-corrected chi connectivity index (χ0v) is 17.5. The minimum Gasteiger partial charge on any atom is -0.493 e. The van der Waals surface area contributed by atoms with E-state index in [9.17, 15) is 9.90 Å². The van der Waals surface area contributed by atoms with Crippen molar-refractivity contribution in [3.05, 3.63) is 41.0 Å². The van der Waals surface area contributed by atoms with E-state index >= 15 is 0 Å². The van der Waals surface area contributed by atoms with E-state index in [2.05, 4.69) is 0 Å². The fourth-order valence-electron chi connectivity index (χ4n) is 5.05. The SMILES string of the molecule is COc1cc([C@@H]2c3cc4c(cc3[C@H](O)C3COCC(=O)C32)OCO4)cc(OC)c1OC. The van der Waals surface area contributed by atoms with Gasteiger partial charge in [-0.05, 0) is 41.0 Å². The van der Waals surface area contributed by atoms with Crippen LogP contribution in [0.5, 0.6) is 28.7 Å². The van der Waals surface area contributed by atoms with Crippen LogP contribution in [-0.2, 0) is 9.53 Å². The smallest absolute Gasteiger partial charge is 0.231 e. The Morgan fingerprint density at radius 1 is 0.935 bits per heavy atom. The maximum Gasteiger partial charge on any atom is 0.231 e. The van der Waals surface area contributed by atoms with Crippen molar-refractivity contribution in [2.24, 2.45) is 11.8 Å². The Bertz CT molecular complexity index is 1010. The van der Waals surface area contributed by atoms with Gasteiger partial charge in [0.2, 0.25) is 12.5 Å². The van der Waals surface area contributed by atoms with Crippen LogP contribution in [0.1, 0.15) is 28.7 Å². The molecule has 0 aromatic heterocycles. The molecule has 2 unspecified atom stereocenters. The first-order valence-electron chi connectivity index (χ1n) is 10.1. The second-order valence-corrected chi connectivity index (χ2v) is 7.89. The number of hydrogen-bond acceptors (Lipinski definition) is 8. The third kappa shape index (κ3) is 3.01. The molecule has 8 nitrogen and oxygen atoms in total. The first-order chi connectivity index (χ1) is 15.1. The summed E-state index contributed by atoms with van der Waals surface area (Å²) in [6.45, 7) is 0.444. The number of Topliss-reactive ketones (excluding diaryl/α,β-unsaturated/α-hetero) is 1. The lowest BCUT2D eigenvalue weighted by Crippen LogP contribution is -2.46. The molecule has 0 saturated carbocycles. The molecule has 1 saturated heterocycles. The van der Waals surface area contributed by atoms with Crippen LogP contribution >= 0.6 is 0 Å². The summed E-state index contributed by atoms with van der Waals surface area (Å²) in [5.74, 6) is 1.44. The summed E-state index contributed by atoms with van der Waals surface area (Å²) in [5.41, 5.74) is 2.36. The van der Waals surface area contributed by atoms with Gasteiger partial charge in [0, 0.05) is 17.8 Å². The maximum atomic E-state index is 13.1. The Morgan fingerprint density at radius 3 is 2.19 bits per heavy atom. The highest BCUT2D eigenvalue weighted by Gasteiger charge is 2.49. The van der Waals surface area contributed by atoms with Crippen LogP contribution in [0.4, 0.5) is 0 Å². The van der Waals surface area contributed by atoms with Gasteiger partial charge in [0.05, 0.1) is 34.0 Å². The number of carbonyl (C=O) groups is 1. The summed E-state index contributed by atoms with van der Waals surface area (Å²) in [4.78, 5) is 13.1. The zero-order chi connectivity index (χ0) is 21.7. The van der Waals surface area contributed by atoms with E-state index in [1.54, 1.807) is 21.3 Å². The first-order valence-corrected chi connectivity index (χ1v) is 10.1. The summed E-state index contributed by atoms with van der Waals surface area (Å²) in [5, 5.41) is 11.2. The van der Waals surface area contributed by atoms with E-state index in [-0.39, 0.29) is 31.0 Å². The van der Waals surface area contributed by atoms with Crippen LogP contribution in [0.15, 0.2) is 24.3 Å². The molecule has 0 spiro atoms. The molecule has 0 amide bonds. The van der Waals surface area contributed by atoms with Gasteiger partial charge in [-0.25, -0.2) is 0 Å². The largest absolute Gasteiger partial charge is 0.493 e. The Morgan fingerprint density at radius 2 is 1.58 bits per heavy atom. The molecule has 1 aliphatic carbocycles. The maximum absolute atomic E-state index is 13.1. The fraction of sp³-hybridized carbons (Fsp3) is 0.435. The number of carbonyl (C=O) groups excluding carboxylic acids is 1. The Kier molecular flexibility index (Phi) is 4.91. The fourth-order valence-corrected chi connectivity index (χ4v) is 5.05. The summed E-state index contributed by atoms with van der Waals surface area (Å²) in [6.07, 6.45) is -0.850. The monoisotopic (exact) mass is 428 g/mol. The molecular weight excluding hydrogens is 404 g/mol. The molecule has 5 rings (SSSR count). The second kappa shape index (κ2) is 7.62. The minimum absolute atomic E-state index is 0.0225. The number of methoxy groups -OCH3 is 3. The molecule has 0 bridgehead atoms. The van der Waals surface area contributed by atoms with Gasteiger partial charge in [0.15, 0.2) is 28.8 Å². The van der Waals surface area contributed by atoms with E-state index in [0.29, 0.717) is 40.9 Å². The third-order valence-electron chi connectivity index (χ3n) is 6.43. The normalized spacial score (nSPS) is 26.1. The van der Waals surface area contributed by atoms with Gasteiger partial charge < -0.3 is 33.5 Å². The highest BCUT2D eigenvalue weighted by atomic mass is 16.7. The van der Waals surface area contributed by atoms with Crippen LogP contribution < -0.4 is 23.7 Å². The predicted octanol–water partition coefficient (Wildman–Crippen LogP) is 2.45. The molecular formula is C23H24O8.